The van der Waals surface area contributed by atoms with E-state index < -0.39 is 17.6 Å². The molecule has 3 aromatic heterocycles. The number of ether oxygens (including phenoxy) is 1. The van der Waals surface area contributed by atoms with Gasteiger partial charge in [0.05, 0.1) is 29.9 Å². The molecule has 0 spiro atoms. The summed E-state index contributed by atoms with van der Waals surface area (Å²) in [5, 5.41) is 13.5. The Bertz CT molecular complexity index is 1650. The van der Waals surface area contributed by atoms with Crippen molar-refractivity contribution < 1.29 is 27.5 Å². The summed E-state index contributed by atoms with van der Waals surface area (Å²) < 4.78 is 44.5. The van der Waals surface area contributed by atoms with Crippen LogP contribution in [0.3, 0.4) is 0 Å². The number of alkyl halides is 3. The SMILES string of the molecule is Nc1ncc(/C=C/CCOCCC(=O)NC2CCCC2)c2n[nH]c(-c3ccc(C(=O)Nc4cc(C(F)(F)F)ccn4)cc3)c12. The zero-order valence-electron chi connectivity index (χ0n) is 23.8. The third-order valence-corrected chi connectivity index (χ3v) is 7.32. The van der Waals surface area contributed by atoms with E-state index in [9.17, 15) is 22.8 Å². The van der Waals surface area contributed by atoms with Crippen LogP contribution in [0.1, 0.15) is 60.0 Å². The highest BCUT2D eigenvalue weighted by molar-refractivity contribution is 6.05. The van der Waals surface area contributed by atoms with Crippen molar-refractivity contribution in [2.45, 2.75) is 50.7 Å². The van der Waals surface area contributed by atoms with E-state index in [4.69, 9.17) is 10.5 Å². The maximum atomic E-state index is 13.0. The Balaban J connectivity index is 1.18. The number of pyridine rings is 2. The normalized spacial score (nSPS) is 14.0. The Morgan fingerprint density at radius 3 is 2.61 bits per heavy atom. The van der Waals surface area contributed by atoms with Gasteiger partial charge < -0.3 is 21.1 Å². The summed E-state index contributed by atoms with van der Waals surface area (Å²) in [5.74, 6) is -0.510. The van der Waals surface area contributed by atoms with Crippen molar-refractivity contribution >= 4 is 40.4 Å². The first-order valence-electron chi connectivity index (χ1n) is 14.3. The Morgan fingerprint density at radius 2 is 1.86 bits per heavy atom. The van der Waals surface area contributed by atoms with Gasteiger partial charge in [0.25, 0.3) is 5.91 Å². The van der Waals surface area contributed by atoms with Gasteiger partial charge in [0, 0.05) is 41.5 Å². The van der Waals surface area contributed by atoms with E-state index in [0.717, 1.165) is 36.7 Å². The molecule has 230 valence electrons. The lowest BCUT2D eigenvalue weighted by molar-refractivity contribution is -0.137. The Labute approximate surface area is 251 Å². The van der Waals surface area contributed by atoms with Crippen molar-refractivity contribution in [2.24, 2.45) is 0 Å². The summed E-state index contributed by atoms with van der Waals surface area (Å²) >= 11 is 0. The Kier molecular flexibility index (Phi) is 9.53. The lowest BCUT2D eigenvalue weighted by Gasteiger charge is -2.11. The van der Waals surface area contributed by atoms with Crippen molar-refractivity contribution in [1.29, 1.82) is 0 Å². The standard InChI is InChI=1S/C31H32F3N7O3/c32-31(33,34)22-12-14-36-24(17-22)39-30(43)20-10-8-19(9-11-20)27-26-28(41-40-27)21(18-37-29(26)35)5-3-4-15-44-16-13-25(42)38-23-6-1-2-7-23/h3,5,8-12,14,17-18,23H,1-2,4,6-7,13,15-16H2,(H2,35,37)(H,38,42)(H,40,41)(H,36,39,43)/b5-3+. The molecule has 1 saturated carbocycles. The molecule has 13 heteroatoms. The molecule has 0 bridgehead atoms. The highest BCUT2D eigenvalue weighted by Gasteiger charge is 2.31. The Hall–Kier alpha value is -4.78. The van der Waals surface area contributed by atoms with E-state index in [-0.39, 0.29) is 23.1 Å². The van der Waals surface area contributed by atoms with Crippen LogP contribution < -0.4 is 16.4 Å². The number of anilines is 2. The van der Waals surface area contributed by atoms with Crippen molar-refractivity contribution in [3.05, 3.63) is 71.6 Å². The highest BCUT2D eigenvalue weighted by atomic mass is 19.4. The molecule has 0 aliphatic heterocycles. The van der Waals surface area contributed by atoms with Crippen LogP contribution in [0, 0.1) is 0 Å². The molecule has 3 heterocycles. The van der Waals surface area contributed by atoms with E-state index in [1.54, 1.807) is 18.3 Å². The van der Waals surface area contributed by atoms with Gasteiger partial charge in [-0.2, -0.15) is 18.3 Å². The summed E-state index contributed by atoms with van der Waals surface area (Å²) in [5.41, 5.74) is 8.17. The lowest BCUT2D eigenvalue weighted by atomic mass is 10.0. The predicted octanol–water partition coefficient (Wildman–Crippen LogP) is 5.74. The van der Waals surface area contributed by atoms with Gasteiger partial charge in [-0.15, -0.1) is 0 Å². The molecule has 0 unspecified atom stereocenters. The van der Waals surface area contributed by atoms with Crippen LogP contribution in [0.15, 0.2) is 54.9 Å². The fraction of sp³-hybridized carbons (Fsp3) is 0.323. The molecule has 2 amide bonds. The van der Waals surface area contributed by atoms with E-state index in [1.165, 1.54) is 25.0 Å². The number of carbonyl (C=O) groups is 2. The lowest BCUT2D eigenvalue weighted by Crippen LogP contribution is -2.33. The second-order valence-electron chi connectivity index (χ2n) is 10.5. The maximum absolute atomic E-state index is 13.0. The monoisotopic (exact) mass is 607 g/mol. The fourth-order valence-corrected chi connectivity index (χ4v) is 5.05. The van der Waals surface area contributed by atoms with Gasteiger partial charge in [0.15, 0.2) is 0 Å². The average Bonchev–Trinajstić information content (AvgIpc) is 3.68. The average molecular weight is 608 g/mol. The number of amides is 2. The highest BCUT2D eigenvalue weighted by Crippen LogP contribution is 2.32. The summed E-state index contributed by atoms with van der Waals surface area (Å²) in [6.07, 6.45) is 7.32. The first-order chi connectivity index (χ1) is 21.2. The molecule has 0 saturated heterocycles. The third-order valence-electron chi connectivity index (χ3n) is 7.32. The fourth-order valence-electron chi connectivity index (χ4n) is 5.05. The van der Waals surface area contributed by atoms with Gasteiger partial charge in [-0.05, 0) is 43.5 Å². The van der Waals surface area contributed by atoms with Crippen molar-refractivity contribution in [1.82, 2.24) is 25.5 Å². The number of nitrogens with zero attached hydrogens (tertiary/aromatic N) is 3. The van der Waals surface area contributed by atoms with Crippen molar-refractivity contribution in [3.63, 3.8) is 0 Å². The summed E-state index contributed by atoms with van der Waals surface area (Å²) in [6.45, 7) is 0.833. The van der Waals surface area contributed by atoms with E-state index in [1.807, 2.05) is 12.2 Å². The van der Waals surface area contributed by atoms with Gasteiger partial charge in [0.2, 0.25) is 5.91 Å². The van der Waals surface area contributed by atoms with Crippen LogP contribution in [0.2, 0.25) is 0 Å². The molecule has 44 heavy (non-hydrogen) atoms. The molecule has 5 N–H and O–H groups in total. The zero-order chi connectivity index (χ0) is 31.1. The molecule has 0 atom stereocenters. The number of halogens is 3. The molecule has 1 fully saturated rings. The van der Waals surface area contributed by atoms with Gasteiger partial charge in [-0.25, -0.2) is 9.97 Å². The van der Waals surface area contributed by atoms with Gasteiger partial charge in [0.1, 0.15) is 17.2 Å². The quantitative estimate of drug-likeness (QED) is 0.159. The van der Waals surface area contributed by atoms with E-state index >= 15 is 0 Å². The molecule has 0 radical (unpaired) electrons. The largest absolute Gasteiger partial charge is 0.416 e. The van der Waals surface area contributed by atoms with Gasteiger partial charge in [-0.3, -0.25) is 14.7 Å². The topological polar surface area (TPSA) is 148 Å². The number of hydrogen-bond acceptors (Lipinski definition) is 7. The number of H-pyrrole nitrogens is 1. The number of fused-ring (bicyclic) bond motifs is 1. The number of aromatic nitrogens is 4. The molecule has 5 rings (SSSR count). The smallest absolute Gasteiger partial charge is 0.383 e. The molecule has 10 nitrogen and oxygen atoms in total. The van der Waals surface area contributed by atoms with Gasteiger partial charge in [-0.1, -0.05) is 37.1 Å². The molecule has 1 aromatic carbocycles. The van der Waals surface area contributed by atoms with Crippen LogP contribution in [-0.2, 0) is 15.7 Å². The number of benzene rings is 1. The first-order valence-corrected chi connectivity index (χ1v) is 14.3. The number of rotatable bonds is 11. The minimum absolute atomic E-state index is 0.0301. The number of carbonyl (C=O) groups excluding carboxylic acids is 2. The maximum Gasteiger partial charge on any atom is 0.416 e. The second kappa shape index (κ2) is 13.7. The van der Waals surface area contributed by atoms with Crippen LogP contribution in [-0.4, -0.2) is 51.2 Å². The van der Waals surface area contributed by atoms with Crippen LogP contribution >= 0.6 is 0 Å². The number of nitrogens with one attached hydrogen (secondary N) is 3. The number of hydrogen-bond donors (Lipinski definition) is 4. The first kappa shape index (κ1) is 30.7. The van der Waals surface area contributed by atoms with Crippen LogP contribution in [0.5, 0.6) is 0 Å². The number of nitrogen functional groups attached to an aromatic ring is 1. The second-order valence-corrected chi connectivity index (χ2v) is 10.5. The minimum Gasteiger partial charge on any atom is -0.383 e. The Morgan fingerprint density at radius 1 is 1.09 bits per heavy atom. The minimum atomic E-state index is -4.55. The van der Waals surface area contributed by atoms with Crippen LogP contribution in [0.4, 0.5) is 24.8 Å². The third kappa shape index (κ3) is 7.59. The molecule has 4 aromatic rings. The summed E-state index contributed by atoms with van der Waals surface area (Å²) in [6, 6.07) is 8.34. The summed E-state index contributed by atoms with van der Waals surface area (Å²) in [4.78, 5) is 32.8. The van der Waals surface area contributed by atoms with Crippen LogP contribution in [0.25, 0.3) is 28.2 Å². The van der Waals surface area contributed by atoms with Crippen molar-refractivity contribution in [2.75, 3.05) is 24.3 Å². The van der Waals surface area contributed by atoms with E-state index in [0.29, 0.717) is 54.3 Å². The summed E-state index contributed by atoms with van der Waals surface area (Å²) in [7, 11) is 0. The number of nitrogens with two attached hydrogens (primary N) is 1. The van der Waals surface area contributed by atoms with Gasteiger partial charge >= 0.3 is 6.18 Å². The van der Waals surface area contributed by atoms with Crippen molar-refractivity contribution in [3.8, 4) is 11.3 Å². The van der Waals surface area contributed by atoms with E-state index in [2.05, 4.69) is 30.8 Å². The zero-order valence-corrected chi connectivity index (χ0v) is 23.8. The molecular weight excluding hydrogens is 575 g/mol. The molecular formula is C31H32F3N7O3. The number of aromatic amines is 1. The predicted molar refractivity (Wildman–Crippen MR) is 160 cm³/mol. The molecule has 1 aliphatic carbocycles. The molecule has 1 aliphatic rings.